The van der Waals surface area contributed by atoms with E-state index in [9.17, 15) is 0 Å². The Morgan fingerprint density at radius 2 is 2.28 bits per heavy atom. The molecule has 1 unspecified atom stereocenters. The van der Waals surface area contributed by atoms with Crippen molar-refractivity contribution in [2.24, 2.45) is 0 Å². The van der Waals surface area contributed by atoms with Crippen LogP contribution < -0.4 is 5.32 Å². The molecule has 1 aliphatic rings. The zero-order valence-electron chi connectivity index (χ0n) is 10.4. The molecule has 0 spiro atoms. The standard InChI is InChI=1S/C14H16BrN3/c1-10-5-11(15)7-12(6-10)18-9-16-8-14(18)13-3-2-4-17-13/h5-9,13,17H,2-4H2,1H3. The van der Waals surface area contributed by atoms with E-state index in [1.807, 2.05) is 12.5 Å². The fourth-order valence-electron chi connectivity index (χ4n) is 2.57. The molecule has 4 heteroatoms. The minimum absolute atomic E-state index is 0.437. The Hall–Kier alpha value is -1.13. The fourth-order valence-corrected chi connectivity index (χ4v) is 3.17. The van der Waals surface area contributed by atoms with Crippen molar-refractivity contribution >= 4 is 15.9 Å². The van der Waals surface area contributed by atoms with Gasteiger partial charge in [0.1, 0.15) is 0 Å². The van der Waals surface area contributed by atoms with Crippen molar-refractivity contribution in [1.82, 2.24) is 14.9 Å². The fraction of sp³-hybridized carbons (Fsp3) is 0.357. The summed E-state index contributed by atoms with van der Waals surface area (Å²) >= 11 is 3.56. The second kappa shape index (κ2) is 4.86. The third-order valence-corrected chi connectivity index (χ3v) is 3.85. The quantitative estimate of drug-likeness (QED) is 0.922. The molecule has 0 bridgehead atoms. The number of benzene rings is 1. The van der Waals surface area contributed by atoms with Crippen molar-refractivity contribution in [3.63, 3.8) is 0 Å². The van der Waals surface area contributed by atoms with Crippen molar-refractivity contribution in [3.05, 3.63) is 46.5 Å². The molecule has 0 amide bonds. The van der Waals surface area contributed by atoms with E-state index >= 15 is 0 Å². The first-order valence-electron chi connectivity index (χ1n) is 6.27. The summed E-state index contributed by atoms with van der Waals surface area (Å²) in [6.07, 6.45) is 6.31. The monoisotopic (exact) mass is 305 g/mol. The SMILES string of the molecule is Cc1cc(Br)cc(-n2cncc2C2CCCN2)c1. The minimum atomic E-state index is 0.437. The molecule has 18 heavy (non-hydrogen) atoms. The molecule has 1 saturated heterocycles. The third-order valence-electron chi connectivity index (χ3n) is 3.39. The molecule has 3 nitrogen and oxygen atoms in total. The van der Waals surface area contributed by atoms with Gasteiger partial charge in [0.05, 0.1) is 18.2 Å². The molecule has 94 valence electrons. The third kappa shape index (κ3) is 2.22. The number of rotatable bonds is 2. The maximum Gasteiger partial charge on any atom is 0.0994 e. The van der Waals surface area contributed by atoms with Crippen LogP contribution in [-0.2, 0) is 0 Å². The normalized spacial score (nSPS) is 19.3. The van der Waals surface area contributed by atoms with Gasteiger partial charge in [-0.2, -0.15) is 0 Å². The maximum absolute atomic E-state index is 4.31. The van der Waals surface area contributed by atoms with Gasteiger partial charge in [0.25, 0.3) is 0 Å². The highest BCUT2D eigenvalue weighted by Gasteiger charge is 2.20. The van der Waals surface area contributed by atoms with Crippen LogP contribution in [0.1, 0.15) is 30.1 Å². The highest BCUT2D eigenvalue weighted by Crippen LogP contribution is 2.26. The maximum atomic E-state index is 4.31. The van der Waals surface area contributed by atoms with Crippen LogP contribution in [-0.4, -0.2) is 16.1 Å². The van der Waals surface area contributed by atoms with Crippen LogP contribution in [0.3, 0.4) is 0 Å². The number of hydrogen-bond acceptors (Lipinski definition) is 2. The van der Waals surface area contributed by atoms with E-state index in [0.29, 0.717) is 6.04 Å². The molecular formula is C14H16BrN3. The Balaban J connectivity index is 2.03. The Bertz CT molecular complexity index is 536. The number of nitrogens with one attached hydrogen (secondary N) is 1. The van der Waals surface area contributed by atoms with Crippen LogP contribution in [0.25, 0.3) is 5.69 Å². The topological polar surface area (TPSA) is 29.9 Å². The van der Waals surface area contributed by atoms with Gasteiger partial charge in [-0.1, -0.05) is 15.9 Å². The highest BCUT2D eigenvalue weighted by molar-refractivity contribution is 9.10. The largest absolute Gasteiger partial charge is 0.309 e. The number of hydrogen-bond donors (Lipinski definition) is 1. The molecule has 0 aliphatic carbocycles. The van der Waals surface area contributed by atoms with Crippen LogP contribution in [0.4, 0.5) is 0 Å². The average molecular weight is 306 g/mol. The molecule has 1 aromatic heterocycles. The van der Waals surface area contributed by atoms with E-state index in [4.69, 9.17) is 0 Å². The molecule has 0 saturated carbocycles. The zero-order chi connectivity index (χ0) is 12.5. The van der Waals surface area contributed by atoms with Gasteiger partial charge in [0.2, 0.25) is 0 Å². The molecule has 3 rings (SSSR count). The van der Waals surface area contributed by atoms with E-state index in [1.165, 1.54) is 29.8 Å². The van der Waals surface area contributed by atoms with Gasteiger partial charge in [-0.3, -0.25) is 0 Å². The van der Waals surface area contributed by atoms with Crippen molar-refractivity contribution in [3.8, 4) is 5.69 Å². The summed E-state index contributed by atoms with van der Waals surface area (Å²) in [5.41, 5.74) is 3.67. The zero-order valence-corrected chi connectivity index (χ0v) is 11.9. The summed E-state index contributed by atoms with van der Waals surface area (Å²) in [6, 6.07) is 6.87. The minimum Gasteiger partial charge on any atom is -0.309 e. The summed E-state index contributed by atoms with van der Waals surface area (Å²) in [7, 11) is 0. The van der Waals surface area contributed by atoms with Gasteiger partial charge in [-0.15, -0.1) is 0 Å². The molecule has 2 heterocycles. The lowest BCUT2D eigenvalue weighted by atomic mass is 10.1. The number of halogens is 1. The average Bonchev–Trinajstić information content (AvgIpc) is 2.98. The number of aryl methyl sites for hydroxylation is 1. The summed E-state index contributed by atoms with van der Waals surface area (Å²) in [5, 5.41) is 3.53. The first-order valence-corrected chi connectivity index (χ1v) is 7.06. The predicted molar refractivity (Wildman–Crippen MR) is 76.0 cm³/mol. The predicted octanol–water partition coefficient (Wildman–Crippen LogP) is 3.37. The Kier molecular flexibility index (Phi) is 3.22. The second-order valence-corrected chi connectivity index (χ2v) is 5.74. The first kappa shape index (κ1) is 11.9. The van der Waals surface area contributed by atoms with Crippen LogP contribution in [0.15, 0.2) is 35.2 Å². The molecular weight excluding hydrogens is 290 g/mol. The lowest BCUT2D eigenvalue weighted by molar-refractivity contribution is 0.615. The number of imidazole rings is 1. The van der Waals surface area contributed by atoms with Crippen molar-refractivity contribution < 1.29 is 0 Å². The van der Waals surface area contributed by atoms with Crippen LogP contribution in [0, 0.1) is 6.92 Å². The number of aromatic nitrogens is 2. The first-order chi connectivity index (χ1) is 8.74. The van der Waals surface area contributed by atoms with Crippen LogP contribution >= 0.6 is 15.9 Å². The molecule has 1 fully saturated rings. The van der Waals surface area contributed by atoms with Crippen molar-refractivity contribution in [2.75, 3.05) is 6.54 Å². The van der Waals surface area contributed by atoms with Gasteiger partial charge in [0, 0.05) is 16.2 Å². The smallest absolute Gasteiger partial charge is 0.0994 e. The lowest BCUT2D eigenvalue weighted by Crippen LogP contribution is -2.16. The van der Waals surface area contributed by atoms with Gasteiger partial charge < -0.3 is 9.88 Å². The van der Waals surface area contributed by atoms with E-state index < -0.39 is 0 Å². The summed E-state index contributed by atoms with van der Waals surface area (Å²) in [4.78, 5) is 4.31. The summed E-state index contributed by atoms with van der Waals surface area (Å²) in [6.45, 7) is 3.21. The van der Waals surface area contributed by atoms with E-state index in [-0.39, 0.29) is 0 Å². The molecule has 0 radical (unpaired) electrons. The van der Waals surface area contributed by atoms with E-state index in [0.717, 1.165) is 11.0 Å². The second-order valence-electron chi connectivity index (χ2n) is 4.82. The van der Waals surface area contributed by atoms with Gasteiger partial charge in [0.15, 0.2) is 0 Å². The highest BCUT2D eigenvalue weighted by atomic mass is 79.9. The molecule has 1 N–H and O–H groups in total. The van der Waals surface area contributed by atoms with Gasteiger partial charge in [-0.25, -0.2) is 4.98 Å². The van der Waals surface area contributed by atoms with Crippen LogP contribution in [0.2, 0.25) is 0 Å². The van der Waals surface area contributed by atoms with Crippen molar-refractivity contribution in [1.29, 1.82) is 0 Å². The molecule has 2 aromatic rings. The lowest BCUT2D eigenvalue weighted by Gasteiger charge is -2.14. The number of nitrogens with zero attached hydrogens (tertiary/aromatic N) is 2. The van der Waals surface area contributed by atoms with E-state index in [2.05, 4.69) is 55.9 Å². The Labute approximate surface area is 115 Å². The molecule has 1 atom stereocenters. The molecule has 1 aromatic carbocycles. The van der Waals surface area contributed by atoms with Gasteiger partial charge in [-0.05, 0) is 50.1 Å². The summed E-state index contributed by atoms with van der Waals surface area (Å²) in [5.74, 6) is 0. The molecule has 1 aliphatic heterocycles. The van der Waals surface area contributed by atoms with Crippen molar-refractivity contribution in [2.45, 2.75) is 25.8 Å². The van der Waals surface area contributed by atoms with Crippen LogP contribution in [0.5, 0.6) is 0 Å². The van der Waals surface area contributed by atoms with E-state index in [1.54, 1.807) is 0 Å². The van der Waals surface area contributed by atoms with Gasteiger partial charge >= 0.3 is 0 Å². The Morgan fingerprint density at radius 3 is 3.00 bits per heavy atom. The summed E-state index contributed by atoms with van der Waals surface area (Å²) < 4.78 is 3.29. The Morgan fingerprint density at radius 1 is 1.39 bits per heavy atom.